The van der Waals surface area contributed by atoms with Crippen molar-refractivity contribution in [3.8, 4) is 0 Å². The summed E-state index contributed by atoms with van der Waals surface area (Å²) in [5.41, 5.74) is 1.37. The lowest BCUT2D eigenvalue weighted by atomic mass is 10.2. The van der Waals surface area contributed by atoms with Crippen molar-refractivity contribution in [3.05, 3.63) is 35.9 Å². The third kappa shape index (κ3) is 4.14. The summed E-state index contributed by atoms with van der Waals surface area (Å²) in [4.78, 5) is 3.36. The zero-order valence-electron chi connectivity index (χ0n) is 8.50. The van der Waals surface area contributed by atoms with Crippen LogP contribution in [0.1, 0.15) is 12.0 Å². The third-order valence-electron chi connectivity index (χ3n) is 2.15. The van der Waals surface area contributed by atoms with E-state index in [1.165, 1.54) is 17.2 Å². The topological polar surface area (TPSA) is 26.0 Å². The lowest BCUT2D eigenvalue weighted by molar-refractivity contribution is -0.460. The van der Waals surface area contributed by atoms with E-state index in [0.29, 0.717) is 0 Å². The van der Waals surface area contributed by atoms with Gasteiger partial charge in [0.05, 0.1) is 13.1 Å². The zero-order chi connectivity index (χ0) is 9.64. The van der Waals surface area contributed by atoms with Gasteiger partial charge in [0.2, 0.25) is 0 Å². The predicted octanol–water partition coefficient (Wildman–Crippen LogP) is -2.65. The first-order valence-corrected chi connectivity index (χ1v) is 5.95. The highest BCUT2D eigenvalue weighted by atomic mass is 35.5. The molecule has 2 N–H and O–H groups in total. The normalized spacial score (nSPS) is 14.8. The summed E-state index contributed by atoms with van der Waals surface area (Å²) in [7, 11) is 0. The minimum atomic E-state index is 0. The first-order chi connectivity index (χ1) is 6.95. The van der Waals surface area contributed by atoms with Gasteiger partial charge in [-0.25, -0.2) is 0 Å². The largest absolute Gasteiger partial charge is 1.00 e. The van der Waals surface area contributed by atoms with Crippen LogP contribution in [0.25, 0.3) is 0 Å². The van der Waals surface area contributed by atoms with Crippen LogP contribution in [0.5, 0.6) is 0 Å². The van der Waals surface area contributed by atoms with Crippen molar-refractivity contribution in [3.63, 3.8) is 0 Å². The van der Waals surface area contributed by atoms with Crippen molar-refractivity contribution in [1.82, 2.24) is 5.32 Å². The molecule has 1 aliphatic heterocycles. The van der Waals surface area contributed by atoms with E-state index in [1.54, 1.807) is 0 Å². The van der Waals surface area contributed by atoms with Gasteiger partial charge >= 0.3 is 5.17 Å². The Morgan fingerprint density at radius 2 is 2.07 bits per heavy atom. The van der Waals surface area contributed by atoms with E-state index in [4.69, 9.17) is 0 Å². The lowest BCUT2D eigenvalue weighted by Crippen LogP contribution is -3.00. The molecule has 4 heteroatoms. The van der Waals surface area contributed by atoms with Crippen LogP contribution in [0.3, 0.4) is 0 Å². The van der Waals surface area contributed by atoms with Gasteiger partial charge in [-0.1, -0.05) is 30.3 Å². The number of amidine groups is 1. The van der Waals surface area contributed by atoms with Gasteiger partial charge in [0.25, 0.3) is 0 Å². The van der Waals surface area contributed by atoms with E-state index in [9.17, 15) is 0 Å². The molecule has 1 heterocycles. The number of nitrogens with one attached hydrogen (secondary N) is 2. The van der Waals surface area contributed by atoms with Crippen LogP contribution >= 0.6 is 11.8 Å². The highest BCUT2D eigenvalue weighted by Crippen LogP contribution is 2.10. The molecule has 0 spiro atoms. The van der Waals surface area contributed by atoms with Crippen molar-refractivity contribution in [2.45, 2.75) is 12.2 Å². The van der Waals surface area contributed by atoms with E-state index in [2.05, 4.69) is 40.6 Å². The van der Waals surface area contributed by atoms with Gasteiger partial charge in [-0.2, -0.15) is 0 Å². The quantitative estimate of drug-likeness (QED) is 0.593. The average Bonchev–Trinajstić information content (AvgIpc) is 2.29. The van der Waals surface area contributed by atoms with Gasteiger partial charge in [-0.05, 0) is 17.3 Å². The predicted molar refractivity (Wildman–Crippen MR) is 61.2 cm³/mol. The summed E-state index contributed by atoms with van der Waals surface area (Å²) < 4.78 is 0. The lowest BCUT2D eigenvalue weighted by Gasteiger charge is -2.07. The molecule has 0 aliphatic carbocycles. The maximum absolute atomic E-state index is 3.36. The van der Waals surface area contributed by atoms with E-state index >= 15 is 0 Å². The van der Waals surface area contributed by atoms with Crippen molar-refractivity contribution in [2.75, 3.05) is 13.1 Å². The number of halogens is 1. The molecule has 0 amide bonds. The van der Waals surface area contributed by atoms with Crippen molar-refractivity contribution in [2.24, 2.45) is 0 Å². The highest BCUT2D eigenvalue weighted by Gasteiger charge is 2.10. The molecule has 1 aromatic rings. The van der Waals surface area contributed by atoms with Crippen LogP contribution in [-0.4, -0.2) is 18.3 Å². The second kappa shape index (κ2) is 6.75. The molecule has 0 saturated carbocycles. The Bertz CT molecular complexity index is 314. The maximum Gasteiger partial charge on any atom is 0.304 e. The first kappa shape index (κ1) is 12.4. The molecular formula is C11H15ClN2S. The standard InChI is InChI=1S/C11H14N2S.ClH/c1-2-5-10(6-3-1)9-14-11-12-7-4-8-13-11;/h1-3,5-6H,4,7-9H2,(H,12,13);1H. The molecule has 0 bridgehead atoms. The molecule has 1 aromatic carbocycles. The molecular weight excluding hydrogens is 228 g/mol. The van der Waals surface area contributed by atoms with E-state index in [1.807, 2.05) is 11.8 Å². The zero-order valence-corrected chi connectivity index (χ0v) is 10.1. The molecule has 2 rings (SSSR count). The SMILES string of the molecule is [Cl-].c1ccc(CSC2=[NH+]CCCN2)cc1. The average molecular weight is 243 g/mol. The summed E-state index contributed by atoms with van der Waals surface area (Å²) in [6.07, 6.45) is 1.22. The fraction of sp³-hybridized carbons (Fsp3) is 0.364. The smallest absolute Gasteiger partial charge is 0.304 e. The van der Waals surface area contributed by atoms with Crippen LogP contribution < -0.4 is 22.7 Å². The van der Waals surface area contributed by atoms with Crippen LogP contribution in [0.4, 0.5) is 0 Å². The fourth-order valence-corrected chi connectivity index (χ4v) is 2.30. The molecule has 0 fully saturated rings. The highest BCUT2D eigenvalue weighted by molar-refractivity contribution is 8.12. The van der Waals surface area contributed by atoms with Gasteiger partial charge in [0.15, 0.2) is 0 Å². The van der Waals surface area contributed by atoms with E-state index < -0.39 is 0 Å². The van der Waals surface area contributed by atoms with E-state index in [-0.39, 0.29) is 12.4 Å². The number of hydrogen-bond donors (Lipinski definition) is 2. The van der Waals surface area contributed by atoms with Gasteiger partial charge in [0, 0.05) is 12.2 Å². The van der Waals surface area contributed by atoms with Crippen LogP contribution in [0.2, 0.25) is 0 Å². The number of hydrogen-bond acceptors (Lipinski definition) is 2. The Hall–Kier alpha value is -0.670. The second-order valence-electron chi connectivity index (χ2n) is 3.31. The summed E-state index contributed by atoms with van der Waals surface area (Å²) >= 11 is 1.84. The summed E-state index contributed by atoms with van der Waals surface area (Å²) in [5, 5.41) is 4.58. The Balaban J connectivity index is 0.00000112. The molecule has 2 nitrogen and oxygen atoms in total. The minimum absolute atomic E-state index is 0. The summed E-state index contributed by atoms with van der Waals surface area (Å²) in [6, 6.07) is 10.6. The van der Waals surface area contributed by atoms with Crippen molar-refractivity contribution >= 4 is 16.9 Å². The maximum atomic E-state index is 3.36. The Morgan fingerprint density at radius 1 is 1.27 bits per heavy atom. The van der Waals surface area contributed by atoms with Gasteiger partial charge in [0.1, 0.15) is 0 Å². The van der Waals surface area contributed by atoms with Crippen molar-refractivity contribution in [1.29, 1.82) is 0 Å². The first-order valence-electron chi connectivity index (χ1n) is 4.96. The summed E-state index contributed by atoms with van der Waals surface area (Å²) in [5.74, 6) is 1.04. The fourth-order valence-electron chi connectivity index (χ4n) is 1.39. The van der Waals surface area contributed by atoms with Crippen LogP contribution in [0.15, 0.2) is 30.3 Å². The molecule has 0 unspecified atom stereocenters. The monoisotopic (exact) mass is 242 g/mol. The molecule has 0 aromatic heterocycles. The van der Waals surface area contributed by atoms with Crippen LogP contribution in [-0.2, 0) is 5.75 Å². The molecule has 0 radical (unpaired) electrons. The summed E-state index contributed by atoms with van der Waals surface area (Å²) in [6.45, 7) is 2.20. The van der Waals surface area contributed by atoms with Gasteiger partial charge < -0.3 is 12.4 Å². The number of rotatable bonds is 2. The van der Waals surface area contributed by atoms with Gasteiger partial charge in [-0.3, -0.25) is 10.3 Å². The molecule has 1 aliphatic rings. The minimum Gasteiger partial charge on any atom is -1.00 e. The second-order valence-corrected chi connectivity index (χ2v) is 4.30. The molecule has 82 valence electrons. The Kier molecular flexibility index (Phi) is 5.58. The Morgan fingerprint density at radius 3 is 2.73 bits per heavy atom. The van der Waals surface area contributed by atoms with Crippen LogP contribution in [0, 0.1) is 0 Å². The third-order valence-corrected chi connectivity index (χ3v) is 3.21. The molecule has 0 saturated heterocycles. The number of benzene rings is 1. The van der Waals surface area contributed by atoms with E-state index in [0.717, 1.165) is 18.8 Å². The molecule has 0 atom stereocenters. The van der Waals surface area contributed by atoms with Gasteiger partial charge in [-0.15, -0.1) is 0 Å². The number of thioether (sulfide) groups is 1. The molecule has 15 heavy (non-hydrogen) atoms. The Labute approximate surface area is 101 Å². The van der Waals surface area contributed by atoms with Crippen molar-refractivity contribution < 1.29 is 17.4 Å².